The van der Waals surface area contributed by atoms with Gasteiger partial charge in [0.15, 0.2) is 0 Å². The van der Waals surface area contributed by atoms with Crippen molar-refractivity contribution < 1.29 is 4.74 Å². The third-order valence-corrected chi connectivity index (χ3v) is 1.67. The lowest BCUT2D eigenvalue weighted by Gasteiger charge is -1.96. The Kier molecular flexibility index (Phi) is 2.50. The molecule has 0 spiro atoms. The Morgan fingerprint density at radius 1 is 1.40 bits per heavy atom. The lowest BCUT2D eigenvalue weighted by molar-refractivity contribution is 0.390. The maximum atomic E-state index is 4.83. The molecule has 1 aromatic rings. The Labute approximate surface area is 63.8 Å². The molecule has 0 unspecified atom stereocenters. The standard InChI is InChI=1S/C6H8N2OS/c1-9-5-3-4-6(10-2)8-7-5/h3-4H,1-2H3. The fraction of sp³-hybridized carbons (Fsp3) is 0.333. The van der Waals surface area contributed by atoms with Crippen LogP contribution < -0.4 is 4.74 Å². The molecule has 4 heteroatoms. The number of methoxy groups -OCH3 is 1. The zero-order chi connectivity index (χ0) is 7.40. The smallest absolute Gasteiger partial charge is 0.233 e. The van der Waals surface area contributed by atoms with Gasteiger partial charge in [-0.25, -0.2) is 0 Å². The third-order valence-electron chi connectivity index (χ3n) is 1.03. The molecule has 0 saturated heterocycles. The maximum Gasteiger partial charge on any atom is 0.233 e. The molecule has 0 fully saturated rings. The summed E-state index contributed by atoms with van der Waals surface area (Å²) in [5.74, 6) is 0.554. The van der Waals surface area contributed by atoms with E-state index in [1.165, 1.54) is 0 Å². The zero-order valence-corrected chi connectivity index (χ0v) is 6.68. The highest BCUT2D eigenvalue weighted by atomic mass is 32.2. The van der Waals surface area contributed by atoms with Crippen LogP contribution in [0.4, 0.5) is 0 Å². The van der Waals surface area contributed by atoms with E-state index in [1.807, 2.05) is 12.3 Å². The van der Waals surface area contributed by atoms with Crippen molar-refractivity contribution in [3.8, 4) is 5.88 Å². The summed E-state index contributed by atoms with van der Waals surface area (Å²) in [6.07, 6.45) is 1.95. The van der Waals surface area contributed by atoms with E-state index in [-0.39, 0.29) is 0 Å². The summed E-state index contributed by atoms with van der Waals surface area (Å²) < 4.78 is 4.83. The lowest BCUT2D eigenvalue weighted by atomic mass is 10.6. The largest absolute Gasteiger partial charge is 0.480 e. The molecule has 0 aromatic carbocycles. The summed E-state index contributed by atoms with van der Waals surface area (Å²) in [6.45, 7) is 0. The van der Waals surface area contributed by atoms with Crippen molar-refractivity contribution in [3.05, 3.63) is 12.1 Å². The maximum absolute atomic E-state index is 4.83. The summed E-state index contributed by atoms with van der Waals surface area (Å²) in [4.78, 5) is 0. The van der Waals surface area contributed by atoms with E-state index in [0.717, 1.165) is 5.03 Å². The van der Waals surface area contributed by atoms with Crippen LogP contribution in [0.5, 0.6) is 5.88 Å². The number of hydrogen-bond donors (Lipinski definition) is 0. The minimum atomic E-state index is 0.554. The van der Waals surface area contributed by atoms with E-state index >= 15 is 0 Å². The first-order valence-corrected chi connectivity index (χ1v) is 4.01. The first-order chi connectivity index (χ1) is 4.86. The van der Waals surface area contributed by atoms with Crippen LogP contribution in [-0.2, 0) is 0 Å². The summed E-state index contributed by atoms with van der Waals surface area (Å²) >= 11 is 1.56. The number of thioether (sulfide) groups is 1. The number of ether oxygens (including phenoxy) is 1. The molecule has 0 aliphatic rings. The first kappa shape index (κ1) is 7.34. The van der Waals surface area contributed by atoms with E-state index < -0.39 is 0 Å². The summed E-state index contributed by atoms with van der Waals surface area (Å²) in [5.41, 5.74) is 0. The predicted molar refractivity (Wildman–Crippen MR) is 40.4 cm³/mol. The molecule has 1 rings (SSSR count). The Morgan fingerprint density at radius 2 is 2.20 bits per heavy atom. The van der Waals surface area contributed by atoms with Gasteiger partial charge in [-0.2, -0.15) is 0 Å². The van der Waals surface area contributed by atoms with Crippen LogP contribution in [0.25, 0.3) is 0 Å². The Bertz CT molecular complexity index is 176. The highest BCUT2D eigenvalue weighted by Crippen LogP contribution is 2.11. The minimum Gasteiger partial charge on any atom is -0.480 e. The topological polar surface area (TPSA) is 35.0 Å². The molecular formula is C6H8N2OS. The number of rotatable bonds is 2. The molecular weight excluding hydrogens is 148 g/mol. The molecule has 10 heavy (non-hydrogen) atoms. The van der Waals surface area contributed by atoms with Gasteiger partial charge in [0.25, 0.3) is 0 Å². The summed E-state index contributed by atoms with van der Waals surface area (Å²) in [7, 11) is 1.57. The van der Waals surface area contributed by atoms with Crippen molar-refractivity contribution >= 4 is 11.8 Å². The van der Waals surface area contributed by atoms with Gasteiger partial charge in [0, 0.05) is 6.07 Å². The van der Waals surface area contributed by atoms with Crippen LogP contribution in [0.15, 0.2) is 17.2 Å². The average molecular weight is 156 g/mol. The van der Waals surface area contributed by atoms with Gasteiger partial charge in [-0.3, -0.25) is 0 Å². The van der Waals surface area contributed by atoms with Crippen LogP contribution in [0.1, 0.15) is 0 Å². The molecule has 0 atom stereocenters. The van der Waals surface area contributed by atoms with Gasteiger partial charge in [0.05, 0.1) is 7.11 Å². The molecule has 0 aliphatic heterocycles. The van der Waals surface area contributed by atoms with Crippen LogP contribution >= 0.6 is 11.8 Å². The molecule has 0 bridgehead atoms. The molecule has 1 aromatic heterocycles. The van der Waals surface area contributed by atoms with E-state index in [2.05, 4.69) is 10.2 Å². The molecule has 0 amide bonds. The van der Waals surface area contributed by atoms with E-state index in [4.69, 9.17) is 4.74 Å². The predicted octanol–water partition coefficient (Wildman–Crippen LogP) is 1.21. The molecule has 0 N–H and O–H groups in total. The Morgan fingerprint density at radius 3 is 2.60 bits per heavy atom. The van der Waals surface area contributed by atoms with Crippen LogP contribution in [0.2, 0.25) is 0 Å². The van der Waals surface area contributed by atoms with Crippen LogP contribution in [0, 0.1) is 0 Å². The second-order valence-corrected chi connectivity index (χ2v) is 2.44. The Hall–Kier alpha value is -0.770. The number of hydrogen-bond acceptors (Lipinski definition) is 4. The van der Waals surface area contributed by atoms with Gasteiger partial charge >= 0.3 is 0 Å². The molecule has 54 valence electrons. The fourth-order valence-corrected chi connectivity index (χ4v) is 0.852. The average Bonchev–Trinajstić information content (AvgIpc) is 2.05. The fourth-order valence-electron chi connectivity index (χ4n) is 0.526. The van der Waals surface area contributed by atoms with Gasteiger partial charge in [-0.1, -0.05) is 0 Å². The van der Waals surface area contributed by atoms with Crippen molar-refractivity contribution in [2.24, 2.45) is 0 Å². The van der Waals surface area contributed by atoms with Gasteiger partial charge in [-0.15, -0.1) is 22.0 Å². The monoisotopic (exact) mass is 156 g/mol. The molecule has 0 aliphatic carbocycles. The molecule has 0 saturated carbocycles. The highest BCUT2D eigenvalue weighted by Gasteiger charge is 1.92. The van der Waals surface area contributed by atoms with Crippen LogP contribution in [-0.4, -0.2) is 23.6 Å². The lowest BCUT2D eigenvalue weighted by Crippen LogP contribution is -1.89. The molecule has 0 radical (unpaired) electrons. The summed E-state index contributed by atoms with van der Waals surface area (Å²) in [5, 5.41) is 8.53. The quantitative estimate of drug-likeness (QED) is 0.603. The van der Waals surface area contributed by atoms with Gasteiger partial charge in [0.1, 0.15) is 5.03 Å². The van der Waals surface area contributed by atoms with E-state index in [0.29, 0.717) is 5.88 Å². The Balaban J connectivity index is 2.80. The van der Waals surface area contributed by atoms with Crippen LogP contribution in [0.3, 0.4) is 0 Å². The van der Waals surface area contributed by atoms with Gasteiger partial charge in [-0.05, 0) is 12.3 Å². The number of nitrogens with zero attached hydrogens (tertiary/aromatic N) is 2. The number of aromatic nitrogens is 2. The SMILES string of the molecule is COc1ccc(SC)nn1. The van der Waals surface area contributed by atoms with E-state index in [9.17, 15) is 0 Å². The first-order valence-electron chi connectivity index (χ1n) is 2.78. The second-order valence-electron chi connectivity index (χ2n) is 1.62. The highest BCUT2D eigenvalue weighted by molar-refractivity contribution is 7.98. The van der Waals surface area contributed by atoms with Crippen molar-refractivity contribution in [2.75, 3.05) is 13.4 Å². The normalized spacial score (nSPS) is 9.40. The van der Waals surface area contributed by atoms with Gasteiger partial charge in [0.2, 0.25) is 5.88 Å². The van der Waals surface area contributed by atoms with Crippen molar-refractivity contribution in [2.45, 2.75) is 5.03 Å². The second kappa shape index (κ2) is 3.41. The minimum absolute atomic E-state index is 0.554. The molecule has 3 nitrogen and oxygen atoms in total. The molecule has 1 heterocycles. The van der Waals surface area contributed by atoms with Crippen molar-refractivity contribution in [1.29, 1.82) is 0 Å². The van der Waals surface area contributed by atoms with Gasteiger partial charge < -0.3 is 4.74 Å². The van der Waals surface area contributed by atoms with E-state index in [1.54, 1.807) is 24.9 Å². The van der Waals surface area contributed by atoms with Crippen molar-refractivity contribution in [3.63, 3.8) is 0 Å². The zero-order valence-electron chi connectivity index (χ0n) is 5.87. The third kappa shape index (κ3) is 1.60. The van der Waals surface area contributed by atoms with Crippen molar-refractivity contribution in [1.82, 2.24) is 10.2 Å². The summed E-state index contributed by atoms with van der Waals surface area (Å²) in [6, 6.07) is 3.66.